The Balaban J connectivity index is 2.02. The summed E-state index contributed by atoms with van der Waals surface area (Å²) in [6.45, 7) is 10.2. The van der Waals surface area contributed by atoms with E-state index < -0.39 is 0 Å². The van der Waals surface area contributed by atoms with Crippen molar-refractivity contribution < 1.29 is 0 Å². The van der Waals surface area contributed by atoms with E-state index in [1.54, 1.807) is 0 Å². The van der Waals surface area contributed by atoms with Crippen molar-refractivity contribution in [1.29, 1.82) is 0 Å². The summed E-state index contributed by atoms with van der Waals surface area (Å²) in [5.74, 6) is 0. The molecule has 2 rings (SSSR count). The number of rotatable bonds is 5. The van der Waals surface area contributed by atoms with Gasteiger partial charge in [-0.2, -0.15) is 0 Å². The van der Waals surface area contributed by atoms with Crippen molar-refractivity contribution in [3.63, 3.8) is 0 Å². The van der Waals surface area contributed by atoms with E-state index in [1.807, 2.05) is 0 Å². The molecule has 1 fully saturated rings. The third-order valence-electron chi connectivity index (χ3n) is 5.00. The quantitative estimate of drug-likeness (QED) is 0.879. The van der Waals surface area contributed by atoms with Gasteiger partial charge in [-0.3, -0.25) is 0 Å². The monoisotopic (exact) mass is 260 g/mol. The Kier molecular flexibility index (Phi) is 4.32. The van der Waals surface area contributed by atoms with Crippen LogP contribution < -0.4 is 5.73 Å². The van der Waals surface area contributed by atoms with Crippen LogP contribution in [0.25, 0.3) is 0 Å². The van der Waals surface area contributed by atoms with Crippen molar-refractivity contribution >= 4 is 0 Å². The largest absolute Gasteiger partial charge is 0.321 e. The van der Waals surface area contributed by atoms with Gasteiger partial charge in [0.25, 0.3) is 0 Å². The minimum Gasteiger partial charge on any atom is -0.321 e. The highest BCUT2D eigenvalue weighted by Gasteiger charge is 2.37. The zero-order valence-electron chi connectivity index (χ0n) is 12.7. The number of nitrogens with two attached hydrogens (primary N) is 1. The van der Waals surface area contributed by atoms with E-state index in [-0.39, 0.29) is 5.54 Å². The molecule has 1 heterocycles. The summed E-state index contributed by atoms with van der Waals surface area (Å²) >= 11 is 0. The van der Waals surface area contributed by atoms with E-state index in [9.17, 15) is 0 Å². The van der Waals surface area contributed by atoms with Crippen LogP contribution in [0.15, 0.2) is 30.3 Å². The molecule has 0 amide bonds. The van der Waals surface area contributed by atoms with E-state index in [0.717, 1.165) is 6.54 Å². The summed E-state index contributed by atoms with van der Waals surface area (Å²) in [5.41, 5.74) is 8.07. The fourth-order valence-electron chi connectivity index (χ4n) is 3.36. The Hall–Kier alpha value is -0.860. The SMILES string of the molecule is CCC1(CC)CCN(CC(C)(N)c2ccccc2)C1. The van der Waals surface area contributed by atoms with Gasteiger partial charge in [0, 0.05) is 13.1 Å². The lowest BCUT2D eigenvalue weighted by Crippen LogP contribution is -2.45. The first-order valence-corrected chi connectivity index (χ1v) is 7.58. The molecule has 0 spiro atoms. The summed E-state index contributed by atoms with van der Waals surface area (Å²) in [5, 5.41) is 0. The molecule has 0 bridgehead atoms. The number of nitrogens with zero attached hydrogens (tertiary/aromatic N) is 1. The molecule has 1 aromatic carbocycles. The molecule has 1 aliphatic heterocycles. The van der Waals surface area contributed by atoms with Gasteiger partial charge in [0.05, 0.1) is 5.54 Å². The molecule has 0 saturated carbocycles. The molecule has 1 aromatic rings. The Morgan fingerprint density at radius 3 is 2.37 bits per heavy atom. The third kappa shape index (κ3) is 3.18. The smallest absolute Gasteiger partial charge is 0.0509 e. The van der Waals surface area contributed by atoms with Gasteiger partial charge in [0.15, 0.2) is 0 Å². The van der Waals surface area contributed by atoms with Gasteiger partial charge in [-0.15, -0.1) is 0 Å². The highest BCUT2D eigenvalue weighted by atomic mass is 15.2. The van der Waals surface area contributed by atoms with Crippen LogP contribution in [0.4, 0.5) is 0 Å². The molecule has 2 nitrogen and oxygen atoms in total. The Labute approximate surface area is 118 Å². The van der Waals surface area contributed by atoms with Crippen LogP contribution in [-0.2, 0) is 5.54 Å². The van der Waals surface area contributed by atoms with Gasteiger partial charge in [-0.05, 0) is 43.7 Å². The van der Waals surface area contributed by atoms with Crippen LogP contribution in [0.2, 0.25) is 0 Å². The normalized spacial score (nSPS) is 22.3. The first kappa shape index (κ1) is 14.5. The second kappa shape index (κ2) is 5.64. The molecule has 0 aromatic heterocycles. The van der Waals surface area contributed by atoms with Crippen molar-refractivity contribution in [2.75, 3.05) is 19.6 Å². The lowest BCUT2D eigenvalue weighted by Gasteiger charge is -2.32. The van der Waals surface area contributed by atoms with Crippen LogP contribution >= 0.6 is 0 Å². The minimum atomic E-state index is -0.251. The van der Waals surface area contributed by atoms with Crippen molar-refractivity contribution in [2.45, 2.75) is 45.6 Å². The second-order valence-electron chi connectivity index (χ2n) is 6.45. The Morgan fingerprint density at radius 1 is 1.21 bits per heavy atom. The molecule has 2 heteroatoms. The fourth-order valence-corrected chi connectivity index (χ4v) is 3.36. The summed E-state index contributed by atoms with van der Waals surface area (Å²) in [6.07, 6.45) is 3.89. The molecular weight excluding hydrogens is 232 g/mol. The zero-order valence-corrected chi connectivity index (χ0v) is 12.7. The van der Waals surface area contributed by atoms with E-state index in [4.69, 9.17) is 5.73 Å². The first-order chi connectivity index (χ1) is 9.01. The maximum atomic E-state index is 6.55. The molecule has 1 unspecified atom stereocenters. The molecule has 0 aliphatic carbocycles. The van der Waals surface area contributed by atoms with Crippen molar-refractivity contribution in [3.8, 4) is 0 Å². The topological polar surface area (TPSA) is 29.3 Å². The maximum absolute atomic E-state index is 6.55. The van der Waals surface area contributed by atoms with Crippen LogP contribution in [-0.4, -0.2) is 24.5 Å². The van der Waals surface area contributed by atoms with Crippen molar-refractivity contribution in [2.24, 2.45) is 11.1 Å². The molecule has 1 atom stereocenters. The van der Waals surface area contributed by atoms with Gasteiger partial charge >= 0.3 is 0 Å². The summed E-state index contributed by atoms with van der Waals surface area (Å²) in [6, 6.07) is 10.5. The maximum Gasteiger partial charge on any atom is 0.0509 e. The number of hydrogen-bond acceptors (Lipinski definition) is 2. The third-order valence-corrected chi connectivity index (χ3v) is 5.00. The molecular formula is C17H28N2. The van der Waals surface area contributed by atoms with E-state index in [1.165, 1.54) is 37.9 Å². The van der Waals surface area contributed by atoms with Crippen LogP contribution in [0.3, 0.4) is 0 Å². The average Bonchev–Trinajstić information content (AvgIpc) is 2.83. The molecule has 2 N–H and O–H groups in total. The predicted molar refractivity (Wildman–Crippen MR) is 82.1 cm³/mol. The summed E-state index contributed by atoms with van der Waals surface area (Å²) in [7, 11) is 0. The van der Waals surface area contributed by atoms with E-state index in [0.29, 0.717) is 5.41 Å². The minimum absolute atomic E-state index is 0.251. The predicted octanol–water partition coefficient (Wildman–Crippen LogP) is 3.37. The summed E-state index contributed by atoms with van der Waals surface area (Å²) in [4.78, 5) is 2.56. The fraction of sp³-hybridized carbons (Fsp3) is 0.647. The van der Waals surface area contributed by atoms with Crippen molar-refractivity contribution in [3.05, 3.63) is 35.9 Å². The number of hydrogen-bond donors (Lipinski definition) is 1. The number of likely N-dealkylation sites (tertiary alicyclic amines) is 1. The summed E-state index contributed by atoms with van der Waals surface area (Å²) < 4.78 is 0. The molecule has 19 heavy (non-hydrogen) atoms. The van der Waals surface area contributed by atoms with E-state index in [2.05, 4.69) is 56.0 Å². The highest BCUT2D eigenvalue weighted by Crippen LogP contribution is 2.37. The van der Waals surface area contributed by atoms with Gasteiger partial charge in [-0.25, -0.2) is 0 Å². The molecule has 1 aliphatic rings. The lowest BCUT2D eigenvalue weighted by atomic mass is 9.82. The van der Waals surface area contributed by atoms with Gasteiger partial charge in [-0.1, -0.05) is 44.2 Å². The lowest BCUT2D eigenvalue weighted by molar-refractivity contribution is 0.209. The van der Waals surface area contributed by atoms with Crippen LogP contribution in [0, 0.1) is 5.41 Å². The molecule has 106 valence electrons. The average molecular weight is 260 g/mol. The van der Waals surface area contributed by atoms with Crippen molar-refractivity contribution in [1.82, 2.24) is 4.90 Å². The van der Waals surface area contributed by atoms with Gasteiger partial charge < -0.3 is 10.6 Å². The standard InChI is InChI=1S/C17H28N2/c1-4-17(5-2)11-12-19(14-17)13-16(3,18)15-9-7-6-8-10-15/h6-10H,4-5,11-14,18H2,1-3H3. The first-order valence-electron chi connectivity index (χ1n) is 7.58. The van der Waals surface area contributed by atoms with Gasteiger partial charge in [0.2, 0.25) is 0 Å². The zero-order chi connectivity index (χ0) is 13.9. The van der Waals surface area contributed by atoms with E-state index >= 15 is 0 Å². The van der Waals surface area contributed by atoms with Crippen LogP contribution in [0.5, 0.6) is 0 Å². The van der Waals surface area contributed by atoms with Gasteiger partial charge in [0.1, 0.15) is 0 Å². The van der Waals surface area contributed by atoms with Crippen LogP contribution in [0.1, 0.15) is 45.6 Å². The Bertz CT molecular complexity index is 393. The molecule has 0 radical (unpaired) electrons. The molecule has 1 saturated heterocycles. The highest BCUT2D eigenvalue weighted by molar-refractivity contribution is 5.23. The number of benzene rings is 1. The second-order valence-corrected chi connectivity index (χ2v) is 6.45. The Morgan fingerprint density at radius 2 is 1.84 bits per heavy atom.